The van der Waals surface area contributed by atoms with E-state index in [1.807, 2.05) is 0 Å². The lowest BCUT2D eigenvalue weighted by Crippen LogP contribution is -2.63. The number of aromatic nitrogens is 1. The molecule has 2 aliphatic heterocycles. The zero-order chi connectivity index (χ0) is 15.7. The van der Waals surface area contributed by atoms with Crippen molar-refractivity contribution in [2.75, 3.05) is 20.1 Å². The van der Waals surface area contributed by atoms with Crippen LogP contribution in [0, 0.1) is 0 Å². The van der Waals surface area contributed by atoms with Crippen LogP contribution in [0.3, 0.4) is 0 Å². The van der Waals surface area contributed by atoms with E-state index in [4.69, 9.17) is 0 Å². The van der Waals surface area contributed by atoms with E-state index >= 15 is 0 Å². The van der Waals surface area contributed by atoms with Crippen LogP contribution in [0.1, 0.15) is 23.2 Å². The lowest BCUT2D eigenvalue weighted by molar-refractivity contribution is -0.156. The van der Waals surface area contributed by atoms with Gasteiger partial charge in [0.05, 0.1) is 6.54 Å². The first-order chi connectivity index (χ1) is 10.6. The van der Waals surface area contributed by atoms with Gasteiger partial charge in [-0.2, -0.15) is 0 Å². The highest BCUT2D eigenvalue weighted by atomic mass is 16.2. The standard InChI is InChI=1S/C15H18N4O3/c1-18-9-13(20)19-7-4-11(8-12(19)15(18)22)17-14(21)10-2-5-16-6-3-10/h2-3,5-6,11-12H,4,7-9H2,1H3,(H,17,21)/t11-,12-/m0/s1. The molecule has 3 heterocycles. The maximum atomic E-state index is 12.2. The maximum Gasteiger partial charge on any atom is 0.251 e. The fourth-order valence-electron chi connectivity index (χ4n) is 3.03. The van der Waals surface area contributed by atoms with Crippen molar-refractivity contribution in [1.82, 2.24) is 20.1 Å². The summed E-state index contributed by atoms with van der Waals surface area (Å²) >= 11 is 0. The highest BCUT2D eigenvalue weighted by Gasteiger charge is 2.41. The lowest BCUT2D eigenvalue weighted by atomic mass is 9.94. The van der Waals surface area contributed by atoms with Gasteiger partial charge in [-0.05, 0) is 25.0 Å². The smallest absolute Gasteiger partial charge is 0.251 e. The van der Waals surface area contributed by atoms with Crippen LogP contribution in [0.5, 0.6) is 0 Å². The van der Waals surface area contributed by atoms with Gasteiger partial charge in [0.2, 0.25) is 11.8 Å². The monoisotopic (exact) mass is 302 g/mol. The molecule has 22 heavy (non-hydrogen) atoms. The molecular weight excluding hydrogens is 284 g/mol. The predicted molar refractivity (Wildman–Crippen MR) is 77.9 cm³/mol. The summed E-state index contributed by atoms with van der Waals surface area (Å²) in [7, 11) is 1.64. The summed E-state index contributed by atoms with van der Waals surface area (Å²) in [5, 5.41) is 2.94. The molecule has 7 heteroatoms. The molecule has 3 amide bonds. The zero-order valence-corrected chi connectivity index (χ0v) is 12.4. The van der Waals surface area contributed by atoms with Crippen LogP contribution in [0.25, 0.3) is 0 Å². The van der Waals surface area contributed by atoms with Gasteiger partial charge in [0, 0.05) is 37.6 Å². The van der Waals surface area contributed by atoms with E-state index in [1.54, 1.807) is 36.5 Å². The van der Waals surface area contributed by atoms with Gasteiger partial charge in [-0.15, -0.1) is 0 Å². The number of hydrogen-bond donors (Lipinski definition) is 1. The molecule has 116 valence electrons. The minimum atomic E-state index is -0.456. The Hall–Kier alpha value is -2.44. The van der Waals surface area contributed by atoms with E-state index in [9.17, 15) is 14.4 Å². The summed E-state index contributed by atoms with van der Waals surface area (Å²) in [5.74, 6) is -0.253. The van der Waals surface area contributed by atoms with E-state index < -0.39 is 6.04 Å². The Balaban J connectivity index is 1.67. The number of pyridine rings is 1. The van der Waals surface area contributed by atoms with Crippen molar-refractivity contribution in [2.24, 2.45) is 0 Å². The number of carbonyl (C=O) groups excluding carboxylic acids is 3. The fourth-order valence-corrected chi connectivity index (χ4v) is 3.03. The van der Waals surface area contributed by atoms with Gasteiger partial charge >= 0.3 is 0 Å². The number of likely N-dealkylation sites (N-methyl/N-ethyl adjacent to an activating group) is 1. The molecule has 2 atom stereocenters. The molecule has 0 bridgehead atoms. The molecule has 2 fully saturated rings. The fraction of sp³-hybridized carbons (Fsp3) is 0.467. The third kappa shape index (κ3) is 2.66. The van der Waals surface area contributed by atoms with Crippen LogP contribution in [0.15, 0.2) is 24.5 Å². The normalized spacial score (nSPS) is 25.0. The highest BCUT2D eigenvalue weighted by Crippen LogP contribution is 2.23. The van der Waals surface area contributed by atoms with E-state index in [0.717, 1.165) is 0 Å². The van der Waals surface area contributed by atoms with E-state index in [0.29, 0.717) is 24.9 Å². The number of fused-ring (bicyclic) bond motifs is 1. The van der Waals surface area contributed by atoms with Crippen LogP contribution >= 0.6 is 0 Å². The van der Waals surface area contributed by atoms with Crippen molar-refractivity contribution in [3.05, 3.63) is 30.1 Å². The Labute approximate surface area is 128 Å². The number of rotatable bonds is 2. The van der Waals surface area contributed by atoms with Gasteiger partial charge in [0.1, 0.15) is 6.04 Å². The van der Waals surface area contributed by atoms with E-state index in [1.165, 1.54) is 4.90 Å². The number of piperidine rings is 1. The quantitative estimate of drug-likeness (QED) is 0.809. The van der Waals surface area contributed by atoms with Crippen LogP contribution in [0.4, 0.5) is 0 Å². The molecule has 0 saturated carbocycles. The van der Waals surface area contributed by atoms with Gasteiger partial charge < -0.3 is 15.1 Å². The summed E-state index contributed by atoms with van der Waals surface area (Å²) in [4.78, 5) is 43.3. The van der Waals surface area contributed by atoms with E-state index in [-0.39, 0.29) is 30.3 Å². The summed E-state index contributed by atoms with van der Waals surface area (Å²) in [6.07, 6.45) is 4.26. The first-order valence-corrected chi connectivity index (χ1v) is 7.31. The molecule has 2 aliphatic rings. The molecule has 1 aromatic rings. The van der Waals surface area contributed by atoms with Crippen LogP contribution in [-0.4, -0.2) is 64.7 Å². The van der Waals surface area contributed by atoms with Crippen LogP contribution < -0.4 is 5.32 Å². The highest BCUT2D eigenvalue weighted by molar-refractivity contribution is 5.96. The van der Waals surface area contributed by atoms with Crippen LogP contribution in [-0.2, 0) is 9.59 Å². The Morgan fingerprint density at radius 1 is 1.32 bits per heavy atom. The molecule has 0 aromatic carbocycles. The Kier molecular flexibility index (Phi) is 3.79. The molecule has 0 radical (unpaired) electrons. The van der Waals surface area contributed by atoms with Crippen molar-refractivity contribution in [1.29, 1.82) is 0 Å². The number of nitrogens with one attached hydrogen (secondary N) is 1. The first kappa shape index (κ1) is 14.5. The van der Waals surface area contributed by atoms with Crippen LogP contribution in [0.2, 0.25) is 0 Å². The number of piperazine rings is 1. The average molecular weight is 302 g/mol. The van der Waals surface area contributed by atoms with Gasteiger partial charge in [-0.1, -0.05) is 0 Å². The molecule has 1 N–H and O–H groups in total. The number of amides is 3. The van der Waals surface area contributed by atoms with Gasteiger partial charge in [-0.3, -0.25) is 19.4 Å². The average Bonchev–Trinajstić information content (AvgIpc) is 2.53. The lowest BCUT2D eigenvalue weighted by Gasteiger charge is -2.44. The van der Waals surface area contributed by atoms with Crippen molar-refractivity contribution in [3.63, 3.8) is 0 Å². The number of carbonyl (C=O) groups is 3. The molecule has 2 saturated heterocycles. The summed E-state index contributed by atoms with van der Waals surface area (Å²) in [6, 6.07) is 2.73. The Bertz CT molecular complexity index is 604. The summed E-state index contributed by atoms with van der Waals surface area (Å²) < 4.78 is 0. The molecule has 3 rings (SSSR count). The first-order valence-electron chi connectivity index (χ1n) is 7.31. The second-order valence-corrected chi connectivity index (χ2v) is 5.73. The van der Waals surface area contributed by atoms with Gasteiger partial charge in [0.15, 0.2) is 0 Å². The van der Waals surface area contributed by atoms with Gasteiger partial charge in [-0.25, -0.2) is 0 Å². The molecule has 7 nitrogen and oxygen atoms in total. The van der Waals surface area contributed by atoms with E-state index in [2.05, 4.69) is 10.3 Å². The number of nitrogens with zero attached hydrogens (tertiary/aromatic N) is 3. The molecule has 0 spiro atoms. The maximum absolute atomic E-state index is 12.2. The van der Waals surface area contributed by atoms with Crippen molar-refractivity contribution in [3.8, 4) is 0 Å². The molecule has 0 aliphatic carbocycles. The van der Waals surface area contributed by atoms with Crippen molar-refractivity contribution < 1.29 is 14.4 Å². The topological polar surface area (TPSA) is 82.6 Å². The largest absolute Gasteiger partial charge is 0.349 e. The second kappa shape index (κ2) is 5.75. The Morgan fingerprint density at radius 3 is 2.77 bits per heavy atom. The molecular formula is C15H18N4O3. The second-order valence-electron chi connectivity index (χ2n) is 5.73. The molecule has 0 unspecified atom stereocenters. The van der Waals surface area contributed by atoms with Crippen molar-refractivity contribution in [2.45, 2.75) is 24.9 Å². The molecule has 1 aromatic heterocycles. The predicted octanol–water partition coefficient (Wildman–Crippen LogP) is -0.357. The minimum Gasteiger partial charge on any atom is -0.349 e. The Morgan fingerprint density at radius 2 is 2.05 bits per heavy atom. The summed E-state index contributed by atoms with van der Waals surface area (Å²) in [5.41, 5.74) is 0.542. The summed E-state index contributed by atoms with van der Waals surface area (Å²) in [6.45, 7) is 0.647. The van der Waals surface area contributed by atoms with Gasteiger partial charge in [0.25, 0.3) is 5.91 Å². The number of hydrogen-bond acceptors (Lipinski definition) is 4. The third-order valence-corrected chi connectivity index (χ3v) is 4.23. The third-order valence-electron chi connectivity index (χ3n) is 4.23. The van der Waals surface area contributed by atoms with Crippen molar-refractivity contribution >= 4 is 17.7 Å². The zero-order valence-electron chi connectivity index (χ0n) is 12.4. The minimum absolute atomic E-state index is 0.0222. The SMILES string of the molecule is CN1CC(=O)N2CC[C@H](NC(=O)c3ccncc3)C[C@H]2C1=O.